The van der Waals surface area contributed by atoms with Crippen LogP contribution in [0.15, 0.2) is 42.7 Å². The van der Waals surface area contributed by atoms with Gasteiger partial charge in [0.15, 0.2) is 0 Å². The molecule has 1 aromatic heterocycles. The van der Waals surface area contributed by atoms with Gasteiger partial charge in [-0.1, -0.05) is 12.1 Å². The van der Waals surface area contributed by atoms with Crippen LogP contribution < -0.4 is 10.2 Å². The number of hydrogen-bond donors (Lipinski definition) is 1. The molecular weight excluding hydrogens is 529 g/mol. The molecule has 2 fully saturated rings. The highest BCUT2D eigenvalue weighted by atomic mass is 19.4. The van der Waals surface area contributed by atoms with Crippen LogP contribution in [-0.4, -0.2) is 32.1 Å². The molecule has 1 unspecified atom stereocenters. The Balaban J connectivity index is 1.36. The van der Waals surface area contributed by atoms with E-state index >= 15 is 0 Å². The number of fused-ring (bicyclic) bond motifs is 1. The maximum Gasteiger partial charge on any atom is 0.416 e. The van der Waals surface area contributed by atoms with Crippen LogP contribution in [0.25, 0.3) is 0 Å². The van der Waals surface area contributed by atoms with Gasteiger partial charge < -0.3 is 14.8 Å². The number of amides is 1. The van der Waals surface area contributed by atoms with E-state index in [0.717, 1.165) is 25.3 Å². The SMILES string of the molecule is Cn1cnnc1C1(c2cccc(N3Cc4c(cc(CNC5(C)CCC5)cc4C(F)(F)F)C3=O)c2)CCC(F)(F)C1. The maximum atomic E-state index is 14.6. The third-order valence-corrected chi connectivity index (χ3v) is 8.91. The van der Waals surface area contributed by atoms with E-state index in [1.54, 1.807) is 41.9 Å². The van der Waals surface area contributed by atoms with Crippen molar-refractivity contribution in [1.29, 1.82) is 0 Å². The summed E-state index contributed by atoms with van der Waals surface area (Å²) in [7, 11) is 1.69. The quantitative estimate of drug-likeness (QED) is 0.369. The monoisotopic (exact) mass is 559 g/mol. The number of aromatic nitrogens is 3. The van der Waals surface area contributed by atoms with E-state index in [9.17, 15) is 26.7 Å². The summed E-state index contributed by atoms with van der Waals surface area (Å²) in [6.07, 6.45) is -0.885. The van der Waals surface area contributed by atoms with E-state index in [0.29, 0.717) is 22.6 Å². The Kier molecular flexibility index (Phi) is 6.10. The van der Waals surface area contributed by atoms with Crippen LogP contribution in [0.1, 0.15) is 83.9 Å². The van der Waals surface area contributed by atoms with Crippen LogP contribution in [-0.2, 0) is 31.7 Å². The Bertz CT molecular complexity index is 1480. The predicted molar refractivity (Wildman–Crippen MR) is 138 cm³/mol. The van der Waals surface area contributed by atoms with Crippen molar-refractivity contribution in [3.8, 4) is 0 Å². The standard InChI is InChI=1S/C29H30F5N5O/c1-26(7-4-8-26)35-14-18-11-21-22(23(12-18)29(32,33)34)15-39(24(21)40)20-6-3-5-19(13-20)27(9-10-28(30,31)16-27)25-37-36-17-38(25)2/h3,5-6,11-13,17,35H,4,7-10,14-16H2,1-2H3. The zero-order valence-electron chi connectivity index (χ0n) is 22.3. The number of carbonyl (C=O) groups is 1. The van der Waals surface area contributed by atoms with Gasteiger partial charge in [0, 0.05) is 43.2 Å². The van der Waals surface area contributed by atoms with Gasteiger partial charge in [0.2, 0.25) is 5.92 Å². The second kappa shape index (κ2) is 9.09. The van der Waals surface area contributed by atoms with Crippen molar-refractivity contribution < 1.29 is 26.7 Å². The molecule has 0 saturated heterocycles. The Hall–Kier alpha value is -3.34. The highest BCUT2D eigenvalue weighted by molar-refractivity contribution is 6.10. The van der Waals surface area contributed by atoms with Crippen LogP contribution in [0.4, 0.5) is 27.6 Å². The minimum absolute atomic E-state index is 0.0196. The molecule has 11 heteroatoms. The Labute approximate surface area is 228 Å². The summed E-state index contributed by atoms with van der Waals surface area (Å²) in [6.45, 7) is 2.01. The second-order valence-corrected chi connectivity index (χ2v) is 11.8. The summed E-state index contributed by atoms with van der Waals surface area (Å²) < 4.78 is 73.4. The minimum Gasteiger partial charge on any atom is -0.320 e. The third kappa shape index (κ3) is 4.48. The van der Waals surface area contributed by atoms with Crippen molar-refractivity contribution in [2.45, 2.75) is 81.6 Å². The van der Waals surface area contributed by atoms with Gasteiger partial charge in [-0.3, -0.25) is 4.79 Å². The number of benzene rings is 2. The summed E-state index contributed by atoms with van der Waals surface area (Å²) in [5.74, 6) is -3.07. The van der Waals surface area contributed by atoms with Gasteiger partial charge >= 0.3 is 6.18 Å². The largest absolute Gasteiger partial charge is 0.416 e. The predicted octanol–water partition coefficient (Wildman–Crippen LogP) is 6.13. The van der Waals surface area contributed by atoms with E-state index in [4.69, 9.17) is 0 Å². The van der Waals surface area contributed by atoms with Crippen molar-refractivity contribution in [2.24, 2.45) is 7.05 Å². The zero-order chi connectivity index (χ0) is 28.5. The Morgan fingerprint density at radius 1 is 1.07 bits per heavy atom. The van der Waals surface area contributed by atoms with Crippen LogP contribution in [0.5, 0.6) is 0 Å². The first kappa shape index (κ1) is 26.9. The average Bonchev–Trinajstić information content (AvgIpc) is 3.56. The lowest BCUT2D eigenvalue weighted by atomic mass is 9.77. The molecule has 6 nitrogen and oxygen atoms in total. The number of aryl methyl sites for hydroxylation is 1. The zero-order valence-corrected chi connectivity index (χ0v) is 22.3. The molecule has 1 aliphatic heterocycles. The molecule has 0 radical (unpaired) electrons. The average molecular weight is 560 g/mol. The maximum absolute atomic E-state index is 14.6. The normalized spacial score (nSPS) is 23.4. The fourth-order valence-corrected chi connectivity index (χ4v) is 6.50. The number of nitrogens with one attached hydrogen (secondary N) is 1. The highest BCUT2D eigenvalue weighted by Crippen LogP contribution is 2.52. The first-order chi connectivity index (χ1) is 18.8. The van der Waals surface area contributed by atoms with Gasteiger partial charge in [-0.25, -0.2) is 8.78 Å². The fraction of sp³-hybridized carbons (Fsp3) is 0.483. The smallest absolute Gasteiger partial charge is 0.320 e. The van der Waals surface area contributed by atoms with E-state index in [2.05, 4.69) is 15.5 Å². The van der Waals surface area contributed by atoms with Gasteiger partial charge in [-0.05, 0) is 73.6 Å². The molecule has 3 aliphatic rings. The molecule has 6 rings (SSSR count). The van der Waals surface area contributed by atoms with Gasteiger partial charge in [0.1, 0.15) is 12.2 Å². The molecule has 1 amide bonds. The topological polar surface area (TPSA) is 63.1 Å². The van der Waals surface area contributed by atoms with Gasteiger partial charge in [0.25, 0.3) is 5.91 Å². The lowest BCUT2D eigenvalue weighted by Gasteiger charge is -2.39. The minimum atomic E-state index is -4.64. The summed E-state index contributed by atoms with van der Waals surface area (Å²) in [5, 5.41) is 11.4. The van der Waals surface area contributed by atoms with Gasteiger partial charge in [0.05, 0.1) is 17.5 Å². The summed E-state index contributed by atoms with van der Waals surface area (Å²) >= 11 is 0. The lowest BCUT2D eigenvalue weighted by Crippen LogP contribution is -2.47. The number of alkyl halides is 5. The van der Waals surface area contributed by atoms with Crippen molar-refractivity contribution in [2.75, 3.05) is 4.90 Å². The molecule has 2 saturated carbocycles. The molecule has 1 N–H and O–H groups in total. The van der Waals surface area contributed by atoms with E-state index < -0.39 is 35.4 Å². The third-order valence-electron chi connectivity index (χ3n) is 8.91. The molecule has 212 valence electrons. The van der Waals surface area contributed by atoms with Gasteiger partial charge in [-0.15, -0.1) is 10.2 Å². The Morgan fingerprint density at radius 2 is 1.85 bits per heavy atom. The molecule has 0 spiro atoms. The van der Waals surface area contributed by atoms with Gasteiger partial charge in [-0.2, -0.15) is 13.2 Å². The molecule has 1 atom stereocenters. The van der Waals surface area contributed by atoms with Crippen LogP contribution in [0.3, 0.4) is 0 Å². The lowest BCUT2D eigenvalue weighted by molar-refractivity contribution is -0.138. The number of hydrogen-bond acceptors (Lipinski definition) is 4. The number of rotatable bonds is 6. The second-order valence-electron chi connectivity index (χ2n) is 11.8. The first-order valence-corrected chi connectivity index (χ1v) is 13.4. The number of halogens is 5. The van der Waals surface area contributed by atoms with Crippen LogP contribution in [0.2, 0.25) is 0 Å². The Morgan fingerprint density at radius 3 is 2.45 bits per heavy atom. The van der Waals surface area contributed by atoms with E-state index in [1.165, 1.54) is 11.2 Å². The van der Waals surface area contributed by atoms with Crippen molar-refractivity contribution in [3.63, 3.8) is 0 Å². The highest BCUT2D eigenvalue weighted by Gasteiger charge is 2.54. The molecule has 40 heavy (non-hydrogen) atoms. The number of anilines is 1. The van der Waals surface area contributed by atoms with Crippen molar-refractivity contribution in [3.05, 3.63) is 76.4 Å². The van der Waals surface area contributed by atoms with Crippen LogP contribution in [0, 0.1) is 0 Å². The molecule has 3 aromatic rings. The first-order valence-electron chi connectivity index (χ1n) is 13.4. The summed E-state index contributed by atoms with van der Waals surface area (Å²) in [5.41, 5.74) is -0.848. The van der Waals surface area contributed by atoms with Crippen LogP contribution >= 0.6 is 0 Å². The van der Waals surface area contributed by atoms with E-state index in [-0.39, 0.29) is 42.6 Å². The summed E-state index contributed by atoms with van der Waals surface area (Å²) in [4.78, 5) is 14.9. The fourth-order valence-electron chi connectivity index (χ4n) is 6.50. The van der Waals surface area contributed by atoms with Crippen molar-refractivity contribution >= 4 is 11.6 Å². The molecule has 2 aliphatic carbocycles. The number of nitrogens with zero attached hydrogens (tertiary/aromatic N) is 4. The molecule has 2 aromatic carbocycles. The number of carbonyl (C=O) groups excluding carboxylic acids is 1. The molecular formula is C29H30F5N5O. The summed E-state index contributed by atoms with van der Waals surface area (Å²) in [6, 6.07) is 9.29. The van der Waals surface area contributed by atoms with E-state index in [1.807, 2.05) is 6.92 Å². The van der Waals surface area contributed by atoms with Crippen molar-refractivity contribution in [1.82, 2.24) is 20.1 Å². The molecule has 2 heterocycles. The molecule has 0 bridgehead atoms.